The maximum atomic E-state index is 12.5. The molecule has 2 aromatic rings. The van der Waals surface area contributed by atoms with Crippen molar-refractivity contribution in [3.8, 4) is 11.5 Å². The fourth-order valence-electron chi connectivity index (χ4n) is 2.73. The predicted octanol–water partition coefficient (Wildman–Crippen LogP) is 3.32. The van der Waals surface area contributed by atoms with Gasteiger partial charge >= 0.3 is 0 Å². The van der Waals surface area contributed by atoms with Crippen LogP contribution >= 0.6 is 0 Å². The third kappa shape index (κ3) is 7.49. The average molecular weight is 399 g/mol. The molecule has 2 rings (SSSR count). The molecule has 0 radical (unpaired) electrons. The highest BCUT2D eigenvalue weighted by Gasteiger charge is 2.22. The van der Waals surface area contributed by atoms with Gasteiger partial charge in [-0.1, -0.05) is 50.2 Å². The lowest BCUT2D eigenvalue weighted by atomic mass is 10.2. The Labute approximate surface area is 172 Å². The average Bonchev–Trinajstić information content (AvgIpc) is 2.75. The summed E-state index contributed by atoms with van der Waals surface area (Å²) in [4.78, 5) is 24.9. The summed E-state index contributed by atoms with van der Waals surface area (Å²) in [5.41, 5.74) is 0. The standard InChI is InChI=1S/C23H30N2O4/c1-4-20(28-18-12-8-6-9-13-18)22(26)24-16-17(3)25-23(27)21(5-2)29-19-14-10-7-11-15-19/h6-15,17,20-21H,4-5,16H2,1-3H3,(H,24,26)(H,25,27)/t17-,20-,21-/m0/s1. The van der Waals surface area contributed by atoms with Gasteiger partial charge in [0.15, 0.2) is 12.2 Å². The van der Waals surface area contributed by atoms with E-state index >= 15 is 0 Å². The van der Waals surface area contributed by atoms with E-state index in [1.165, 1.54) is 0 Å². The number of nitrogens with one attached hydrogen (secondary N) is 2. The topological polar surface area (TPSA) is 76.7 Å². The minimum atomic E-state index is -0.583. The van der Waals surface area contributed by atoms with Crippen molar-refractivity contribution in [2.24, 2.45) is 0 Å². The van der Waals surface area contributed by atoms with Crippen LogP contribution in [0.25, 0.3) is 0 Å². The number of carbonyl (C=O) groups excluding carboxylic acids is 2. The highest BCUT2D eigenvalue weighted by molar-refractivity contribution is 5.82. The molecule has 0 spiro atoms. The summed E-state index contributed by atoms with van der Waals surface area (Å²) in [5.74, 6) is 0.898. The summed E-state index contributed by atoms with van der Waals surface area (Å²) in [6.45, 7) is 5.94. The minimum Gasteiger partial charge on any atom is -0.481 e. The van der Waals surface area contributed by atoms with E-state index in [1.807, 2.05) is 81.4 Å². The Balaban J connectivity index is 1.80. The van der Waals surface area contributed by atoms with Crippen LogP contribution in [0.5, 0.6) is 11.5 Å². The van der Waals surface area contributed by atoms with Crippen LogP contribution in [0, 0.1) is 0 Å². The molecule has 0 aromatic heterocycles. The molecular formula is C23H30N2O4. The molecule has 0 bridgehead atoms. The first-order valence-electron chi connectivity index (χ1n) is 10.0. The third-order valence-electron chi connectivity index (χ3n) is 4.34. The van der Waals surface area contributed by atoms with Gasteiger partial charge in [-0.3, -0.25) is 9.59 Å². The van der Waals surface area contributed by atoms with Crippen LogP contribution in [0.4, 0.5) is 0 Å². The van der Waals surface area contributed by atoms with E-state index < -0.39 is 12.2 Å². The molecule has 0 saturated heterocycles. The molecule has 0 heterocycles. The largest absolute Gasteiger partial charge is 0.481 e. The van der Waals surface area contributed by atoms with Gasteiger partial charge < -0.3 is 20.1 Å². The molecule has 2 aromatic carbocycles. The van der Waals surface area contributed by atoms with E-state index in [0.717, 1.165) is 0 Å². The molecule has 0 aliphatic heterocycles. The van der Waals surface area contributed by atoms with E-state index in [2.05, 4.69) is 10.6 Å². The molecule has 3 atom stereocenters. The predicted molar refractivity (Wildman–Crippen MR) is 113 cm³/mol. The number of benzene rings is 2. The second-order valence-electron chi connectivity index (χ2n) is 6.81. The van der Waals surface area contributed by atoms with Gasteiger partial charge in [0.05, 0.1) is 0 Å². The Morgan fingerprint density at radius 1 is 0.793 bits per heavy atom. The SMILES string of the molecule is CC[C@H](Oc1ccccc1)C(=O)NC[C@H](C)NC(=O)[C@H](CC)Oc1ccccc1. The number of ether oxygens (including phenoxy) is 2. The van der Waals surface area contributed by atoms with Crippen molar-refractivity contribution in [3.05, 3.63) is 60.7 Å². The van der Waals surface area contributed by atoms with Crippen LogP contribution in [0.15, 0.2) is 60.7 Å². The van der Waals surface area contributed by atoms with Gasteiger partial charge in [-0.05, 0) is 44.0 Å². The number of rotatable bonds is 11. The minimum absolute atomic E-state index is 0.203. The van der Waals surface area contributed by atoms with Crippen LogP contribution in [0.3, 0.4) is 0 Å². The maximum absolute atomic E-state index is 12.5. The number of hydrogen-bond donors (Lipinski definition) is 2. The van der Waals surface area contributed by atoms with Crippen molar-refractivity contribution in [3.63, 3.8) is 0 Å². The van der Waals surface area contributed by atoms with Crippen LogP contribution < -0.4 is 20.1 Å². The van der Waals surface area contributed by atoms with Gasteiger partial charge in [0.2, 0.25) is 0 Å². The second kappa shape index (κ2) is 11.7. The van der Waals surface area contributed by atoms with Crippen molar-refractivity contribution in [2.75, 3.05) is 6.54 Å². The van der Waals surface area contributed by atoms with Crippen molar-refractivity contribution >= 4 is 11.8 Å². The Morgan fingerprint density at radius 2 is 1.24 bits per heavy atom. The smallest absolute Gasteiger partial charge is 0.261 e. The lowest BCUT2D eigenvalue weighted by Gasteiger charge is -2.22. The summed E-state index contributed by atoms with van der Waals surface area (Å²) in [6, 6.07) is 18.3. The fraction of sp³-hybridized carbons (Fsp3) is 0.391. The molecule has 0 fully saturated rings. The van der Waals surface area contributed by atoms with E-state index in [1.54, 1.807) is 0 Å². The number of para-hydroxylation sites is 2. The quantitative estimate of drug-likeness (QED) is 0.609. The zero-order valence-electron chi connectivity index (χ0n) is 17.3. The monoisotopic (exact) mass is 398 g/mol. The Kier molecular flexibility index (Phi) is 9.02. The molecule has 0 aliphatic rings. The molecule has 29 heavy (non-hydrogen) atoms. The van der Waals surface area contributed by atoms with E-state index in [9.17, 15) is 9.59 Å². The first-order valence-corrected chi connectivity index (χ1v) is 10.0. The molecule has 6 nitrogen and oxygen atoms in total. The van der Waals surface area contributed by atoms with Gasteiger partial charge in [0, 0.05) is 12.6 Å². The zero-order chi connectivity index (χ0) is 21.1. The Morgan fingerprint density at radius 3 is 1.69 bits per heavy atom. The van der Waals surface area contributed by atoms with Crippen LogP contribution in [0.2, 0.25) is 0 Å². The van der Waals surface area contributed by atoms with Gasteiger partial charge in [0.1, 0.15) is 11.5 Å². The lowest BCUT2D eigenvalue weighted by molar-refractivity contribution is -0.130. The Bertz CT molecular complexity index is 752. The van der Waals surface area contributed by atoms with Gasteiger partial charge in [-0.15, -0.1) is 0 Å². The first-order chi connectivity index (χ1) is 14.0. The van der Waals surface area contributed by atoms with Gasteiger partial charge in [-0.25, -0.2) is 0 Å². The first kappa shape index (κ1) is 22.3. The van der Waals surface area contributed by atoms with Crippen LogP contribution in [0.1, 0.15) is 33.6 Å². The number of carbonyl (C=O) groups is 2. The van der Waals surface area contributed by atoms with Crippen LogP contribution in [-0.2, 0) is 9.59 Å². The molecule has 2 N–H and O–H groups in total. The summed E-state index contributed by atoms with van der Waals surface area (Å²) < 4.78 is 11.5. The second-order valence-corrected chi connectivity index (χ2v) is 6.81. The number of hydrogen-bond acceptors (Lipinski definition) is 4. The van der Waals surface area contributed by atoms with E-state index in [-0.39, 0.29) is 17.9 Å². The molecule has 2 amide bonds. The Hall–Kier alpha value is -3.02. The van der Waals surface area contributed by atoms with Crippen molar-refractivity contribution < 1.29 is 19.1 Å². The van der Waals surface area contributed by atoms with Gasteiger partial charge in [0.25, 0.3) is 11.8 Å². The molecule has 156 valence electrons. The summed E-state index contributed by atoms with van der Waals surface area (Å²) in [7, 11) is 0. The van der Waals surface area contributed by atoms with Crippen LogP contribution in [-0.4, -0.2) is 36.6 Å². The summed E-state index contributed by atoms with van der Waals surface area (Å²) >= 11 is 0. The summed E-state index contributed by atoms with van der Waals surface area (Å²) in [6.07, 6.45) is -0.0714. The fourth-order valence-corrected chi connectivity index (χ4v) is 2.73. The highest BCUT2D eigenvalue weighted by Crippen LogP contribution is 2.13. The third-order valence-corrected chi connectivity index (χ3v) is 4.34. The number of amides is 2. The normalized spacial score (nSPS) is 13.6. The molecule has 0 aliphatic carbocycles. The molecule has 6 heteroatoms. The maximum Gasteiger partial charge on any atom is 0.261 e. The van der Waals surface area contributed by atoms with Crippen molar-refractivity contribution in [1.82, 2.24) is 10.6 Å². The summed E-state index contributed by atoms with van der Waals surface area (Å²) in [5, 5.41) is 5.74. The van der Waals surface area contributed by atoms with E-state index in [0.29, 0.717) is 30.9 Å². The van der Waals surface area contributed by atoms with E-state index in [4.69, 9.17) is 9.47 Å². The van der Waals surface area contributed by atoms with Crippen molar-refractivity contribution in [1.29, 1.82) is 0 Å². The van der Waals surface area contributed by atoms with Gasteiger partial charge in [-0.2, -0.15) is 0 Å². The molecule has 0 unspecified atom stereocenters. The zero-order valence-corrected chi connectivity index (χ0v) is 17.3. The lowest BCUT2D eigenvalue weighted by Crippen LogP contribution is -2.48. The van der Waals surface area contributed by atoms with Crippen molar-refractivity contribution in [2.45, 2.75) is 51.9 Å². The molecule has 0 saturated carbocycles. The highest BCUT2D eigenvalue weighted by atomic mass is 16.5. The molecular weight excluding hydrogens is 368 g/mol.